The SMILES string of the molecule is C[C@H]1CN(C(=O)CC#N)C[C@H](C)O1. The molecule has 1 aliphatic heterocycles. The summed E-state index contributed by atoms with van der Waals surface area (Å²) < 4.78 is 5.47. The lowest BCUT2D eigenvalue weighted by molar-refractivity contribution is -0.142. The molecule has 72 valence electrons. The Morgan fingerprint density at radius 2 is 2.08 bits per heavy atom. The van der Waals surface area contributed by atoms with Crippen molar-refractivity contribution in [3.63, 3.8) is 0 Å². The third-order valence-electron chi connectivity index (χ3n) is 2.00. The minimum atomic E-state index is -0.0931. The molecular formula is C9H14N2O2. The predicted molar refractivity (Wildman–Crippen MR) is 46.8 cm³/mol. The van der Waals surface area contributed by atoms with Gasteiger partial charge in [0.25, 0.3) is 0 Å². The highest BCUT2D eigenvalue weighted by Gasteiger charge is 2.25. The summed E-state index contributed by atoms with van der Waals surface area (Å²) in [5.74, 6) is -0.0931. The predicted octanol–water partition coefficient (Wildman–Crippen LogP) is 0.536. The molecule has 13 heavy (non-hydrogen) atoms. The van der Waals surface area contributed by atoms with E-state index in [4.69, 9.17) is 10.00 Å². The quantitative estimate of drug-likeness (QED) is 0.594. The van der Waals surface area contributed by atoms with Gasteiger partial charge in [-0.1, -0.05) is 0 Å². The van der Waals surface area contributed by atoms with E-state index in [9.17, 15) is 4.79 Å². The fraction of sp³-hybridized carbons (Fsp3) is 0.778. The van der Waals surface area contributed by atoms with Crippen LogP contribution in [0.1, 0.15) is 20.3 Å². The molecule has 1 heterocycles. The van der Waals surface area contributed by atoms with Gasteiger partial charge in [-0.05, 0) is 13.8 Å². The molecule has 4 heteroatoms. The Morgan fingerprint density at radius 3 is 2.54 bits per heavy atom. The molecule has 0 N–H and O–H groups in total. The van der Waals surface area contributed by atoms with Crippen LogP contribution in [-0.2, 0) is 9.53 Å². The van der Waals surface area contributed by atoms with E-state index in [1.165, 1.54) is 0 Å². The molecule has 0 aromatic heterocycles. The highest BCUT2D eigenvalue weighted by Crippen LogP contribution is 2.11. The number of nitriles is 1. The third-order valence-corrected chi connectivity index (χ3v) is 2.00. The van der Waals surface area contributed by atoms with Crippen LogP contribution in [0.5, 0.6) is 0 Å². The third kappa shape index (κ3) is 2.71. The number of morpholine rings is 1. The van der Waals surface area contributed by atoms with Crippen molar-refractivity contribution in [2.24, 2.45) is 0 Å². The number of hydrogen-bond acceptors (Lipinski definition) is 3. The van der Waals surface area contributed by atoms with E-state index in [1.54, 1.807) is 4.90 Å². The molecule has 1 aliphatic rings. The van der Waals surface area contributed by atoms with Gasteiger partial charge in [0.15, 0.2) is 0 Å². The number of nitrogens with zero attached hydrogens (tertiary/aromatic N) is 2. The Labute approximate surface area is 78.1 Å². The zero-order valence-corrected chi connectivity index (χ0v) is 7.99. The van der Waals surface area contributed by atoms with Crippen LogP contribution in [0, 0.1) is 11.3 Å². The number of amides is 1. The van der Waals surface area contributed by atoms with Gasteiger partial charge in [0, 0.05) is 13.1 Å². The minimum Gasteiger partial charge on any atom is -0.372 e. The zero-order valence-electron chi connectivity index (χ0n) is 7.99. The van der Waals surface area contributed by atoms with Crippen molar-refractivity contribution >= 4 is 5.91 Å². The molecule has 0 aromatic carbocycles. The molecule has 0 aromatic rings. The fourth-order valence-electron chi connectivity index (χ4n) is 1.56. The molecule has 0 radical (unpaired) electrons. The van der Waals surface area contributed by atoms with Crippen LogP contribution in [-0.4, -0.2) is 36.1 Å². The van der Waals surface area contributed by atoms with Gasteiger partial charge in [0.05, 0.1) is 18.3 Å². The summed E-state index contributed by atoms with van der Waals surface area (Å²) in [5.41, 5.74) is 0. The second kappa shape index (κ2) is 4.24. The van der Waals surface area contributed by atoms with Gasteiger partial charge in [-0.2, -0.15) is 5.26 Å². The standard InChI is InChI=1S/C9H14N2O2/c1-7-5-11(6-8(2)13-7)9(12)3-4-10/h7-8H,3,5-6H2,1-2H3/t7-,8-/m0/s1. The largest absolute Gasteiger partial charge is 0.372 e. The van der Waals surface area contributed by atoms with Crippen LogP contribution in [0.2, 0.25) is 0 Å². The van der Waals surface area contributed by atoms with E-state index < -0.39 is 0 Å². The van der Waals surface area contributed by atoms with Crippen molar-refractivity contribution in [1.82, 2.24) is 4.90 Å². The Balaban J connectivity index is 2.50. The first-order chi connectivity index (χ1) is 6.13. The molecule has 0 bridgehead atoms. The summed E-state index contributed by atoms with van der Waals surface area (Å²) in [6, 6.07) is 1.86. The normalized spacial score (nSPS) is 28.2. The van der Waals surface area contributed by atoms with E-state index in [2.05, 4.69) is 0 Å². The Morgan fingerprint density at radius 1 is 1.54 bits per heavy atom. The van der Waals surface area contributed by atoms with Gasteiger partial charge in [-0.3, -0.25) is 4.79 Å². The molecule has 2 atom stereocenters. The van der Waals surface area contributed by atoms with Crippen LogP contribution in [0.25, 0.3) is 0 Å². The van der Waals surface area contributed by atoms with Crippen molar-refractivity contribution in [3.8, 4) is 6.07 Å². The summed E-state index contributed by atoms with van der Waals surface area (Å²) in [6.07, 6.45) is 0.122. The van der Waals surface area contributed by atoms with Crippen LogP contribution in [0.4, 0.5) is 0 Å². The van der Waals surface area contributed by atoms with Crippen LogP contribution >= 0.6 is 0 Å². The maximum Gasteiger partial charge on any atom is 0.236 e. The van der Waals surface area contributed by atoms with Gasteiger partial charge in [-0.25, -0.2) is 0 Å². The molecule has 1 amide bonds. The molecule has 1 rings (SSSR count). The second-order valence-corrected chi connectivity index (χ2v) is 3.39. The molecule has 1 fully saturated rings. The Hall–Kier alpha value is -1.08. The van der Waals surface area contributed by atoms with Crippen LogP contribution < -0.4 is 0 Å². The molecule has 0 spiro atoms. The highest BCUT2D eigenvalue weighted by atomic mass is 16.5. The van der Waals surface area contributed by atoms with Gasteiger partial charge < -0.3 is 9.64 Å². The van der Waals surface area contributed by atoms with Crippen molar-refractivity contribution in [1.29, 1.82) is 5.26 Å². The molecule has 0 saturated carbocycles. The van der Waals surface area contributed by atoms with Gasteiger partial charge in [0.1, 0.15) is 6.42 Å². The maximum atomic E-state index is 11.3. The highest BCUT2D eigenvalue weighted by molar-refractivity contribution is 5.78. The lowest BCUT2D eigenvalue weighted by Gasteiger charge is -2.34. The number of rotatable bonds is 1. The minimum absolute atomic E-state index is 0.0283. The summed E-state index contributed by atoms with van der Waals surface area (Å²) in [5, 5.41) is 8.37. The van der Waals surface area contributed by atoms with Crippen LogP contribution in [0.15, 0.2) is 0 Å². The van der Waals surface area contributed by atoms with E-state index in [1.807, 2.05) is 19.9 Å². The summed E-state index contributed by atoms with van der Waals surface area (Å²) in [4.78, 5) is 13.0. The average molecular weight is 182 g/mol. The number of hydrogen-bond donors (Lipinski definition) is 0. The molecule has 0 unspecified atom stereocenters. The van der Waals surface area contributed by atoms with Gasteiger partial charge in [-0.15, -0.1) is 0 Å². The fourth-order valence-corrected chi connectivity index (χ4v) is 1.56. The first-order valence-electron chi connectivity index (χ1n) is 4.43. The van der Waals surface area contributed by atoms with Gasteiger partial charge >= 0.3 is 0 Å². The lowest BCUT2D eigenvalue weighted by atomic mass is 10.2. The first kappa shape index (κ1) is 10.0. The topological polar surface area (TPSA) is 53.3 Å². The van der Waals surface area contributed by atoms with Crippen molar-refractivity contribution in [3.05, 3.63) is 0 Å². The number of carbonyl (C=O) groups is 1. The van der Waals surface area contributed by atoms with Crippen molar-refractivity contribution in [2.45, 2.75) is 32.5 Å². The summed E-state index contributed by atoms with van der Waals surface area (Å²) in [7, 11) is 0. The van der Waals surface area contributed by atoms with Crippen molar-refractivity contribution < 1.29 is 9.53 Å². The van der Waals surface area contributed by atoms with E-state index >= 15 is 0 Å². The summed E-state index contributed by atoms with van der Waals surface area (Å²) >= 11 is 0. The Kier molecular flexibility index (Phi) is 3.26. The summed E-state index contributed by atoms with van der Waals surface area (Å²) in [6.45, 7) is 5.07. The Bertz CT molecular complexity index is 224. The number of carbonyl (C=O) groups excluding carboxylic acids is 1. The molecule has 1 saturated heterocycles. The van der Waals surface area contributed by atoms with E-state index in [0.717, 1.165) is 0 Å². The van der Waals surface area contributed by atoms with E-state index in [0.29, 0.717) is 13.1 Å². The second-order valence-electron chi connectivity index (χ2n) is 3.39. The lowest BCUT2D eigenvalue weighted by Crippen LogP contribution is -2.48. The van der Waals surface area contributed by atoms with Crippen LogP contribution in [0.3, 0.4) is 0 Å². The number of ether oxygens (including phenoxy) is 1. The zero-order chi connectivity index (χ0) is 9.84. The smallest absolute Gasteiger partial charge is 0.236 e. The average Bonchev–Trinajstić information content (AvgIpc) is 2.03. The molecule has 0 aliphatic carbocycles. The molecular weight excluding hydrogens is 168 g/mol. The first-order valence-corrected chi connectivity index (χ1v) is 4.43. The van der Waals surface area contributed by atoms with Gasteiger partial charge in [0.2, 0.25) is 5.91 Å². The monoisotopic (exact) mass is 182 g/mol. The van der Waals surface area contributed by atoms with Crippen molar-refractivity contribution in [2.75, 3.05) is 13.1 Å². The maximum absolute atomic E-state index is 11.3. The van der Waals surface area contributed by atoms with E-state index in [-0.39, 0.29) is 24.5 Å². The molecule has 4 nitrogen and oxygen atoms in total.